The van der Waals surface area contributed by atoms with Crippen molar-refractivity contribution in [1.29, 1.82) is 0 Å². The van der Waals surface area contributed by atoms with Crippen LogP contribution in [0.3, 0.4) is 0 Å². The molecule has 0 aliphatic carbocycles. The molecule has 2 rings (SSSR count). The van der Waals surface area contributed by atoms with Gasteiger partial charge in [0.2, 0.25) is 0 Å². The van der Waals surface area contributed by atoms with Gasteiger partial charge in [-0.15, -0.1) is 0 Å². The highest BCUT2D eigenvalue weighted by molar-refractivity contribution is 5.79. The Morgan fingerprint density at radius 1 is 1.20 bits per heavy atom. The van der Waals surface area contributed by atoms with Crippen LogP contribution in [0.5, 0.6) is 0 Å². The van der Waals surface area contributed by atoms with E-state index in [-0.39, 0.29) is 0 Å². The van der Waals surface area contributed by atoms with Crippen molar-refractivity contribution in [3.8, 4) is 0 Å². The summed E-state index contributed by atoms with van der Waals surface area (Å²) in [6.45, 7) is 10.7. The van der Waals surface area contributed by atoms with E-state index in [1.807, 2.05) is 24.0 Å². The second-order valence-electron chi connectivity index (χ2n) is 6.13. The topological polar surface area (TPSA) is 57.5 Å². The number of nitrogens with one attached hydrogen (secondary N) is 2. The van der Waals surface area contributed by atoms with Gasteiger partial charge >= 0.3 is 0 Å². The van der Waals surface area contributed by atoms with Crippen molar-refractivity contribution in [2.45, 2.75) is 27.3 Å². The van der Waals surface area contributed by atoms with Gasteiger partial charge in [-0.05, 0) is 44.0 Å². The number of hydrogen-bond acceptors (Lipinski definition) is 3. The maximum Gasteiger partial charge on any atom is 0.191 e. The first kappa shape index (κ1) is 18.8. The predicted octanol–water partition coefficient (Wildman–Crippen LogP) is 2.19. The van der Waals surface area contributed by atoms with Gasteiger partial charge in [0.1, 0.15) is 0 Å². The van der Waals surface area contributed by atoms with Crippen molar-refractivity contribution in [3.05, 3.63) is 47.8 Å². The average Bonchev–Trinajstić information content (AvgIpc) is 3.02. The molecule has 6 heteroatoms. The molecule has 0 spiro atoms. The number of likely N-dealkylation sites (N-methyl/N-ethyl adjacent to an activating group) is 1. The maximum atomic E-state index is 4.29. The second kappa shape index (κ2) is 9.71. The van der Waals surface area contributed by atoms with E-state index in [1.54, 1.807) is 7.05 Å². The van der Waals surface area contributed by atoms with Crippen molar-refractivity contribution < 1.29 is 0 Å². The number of rotatable bonds is 8. The Balaban J connectivity index is 1.74. The standard InChI is InChI=1S/C19H30N6/c1-5-24(18-8-6-7-16(2)13-18)11-9-21-19(20-4)22-10-12-25-15-17(3)14-23-25/h6-8,13-15H,5,9-12H2,1-4H3,(H2,20,21,22). The molecule has 0 atom stereocenters. The summed E-state index contributed by atoms with van der Waals surface area (Å²) in [4.78, 5) is 6.64. The van der Waals surface area contributed by atoms with Gasteiger partial charge in [-0.25, -0.2) is 0 Å². The molecule has 0 aliphatic heterocycles. The van der Waals surface area contributed by atoms with Crippen LogP contribution in [0.4, 0.5) is 5.69 Å². The lowest BCUT2D eigenvalue weighted by atomic mass is 10.2. The minimum atomic E-state index is 0.788. The third kappa shape index (κ3) is 6.14. The number of aliphatic imine (C=N–C) groups is 1. The number of nitrogens with zero attached hydrogens (tertiary/aromatic N) is 4. The van der Waals surface area contributed by atoms with Crippen LogP contribution in [0.25, 0.3) is 0 Å². The second-order valence-corrected chi connectivity index (χ2v) is 6.13. The van der Waals surface area contributed by atoms with Gasteiger partial charge in [0.25, 0.3) is 0 Å². The highest BCUT2D eigenvalue weighted by atomic mass is 15.3. The van der Waals surface area contributed by atoms with Crippen molar-refractivity contribution in [2.24, 2.45) is 4.99 Å². The zero-order chi connectivity index (χ0) is 18.1. The predicted molar refractivity (Wildman–Crippen MR) is 105 cm³/mol. The van der Waals surface area contributed by atoms with Crippen LogP contribution < -0.4 is 15.5 Å². The van der Waals surface area contributed by atoms with E-state index < -0.39 is 0 Å². The molecule has 136 valence electrons. The average molecular weight is 342 g/mol. The van der Waals surface area contributed by atoms with E-state index in [0.717, 1.165) is 38.7 Å². The molecule has 2 N–H and O–H groups in total. The summed E-state index contributed by atoms with van der Waals surface area (Å²) in [6.07, 6.45) is 3.91. The Kier molecular flexibility index (Phi) is 7.32. The van der Waals surface area contributed by atoms with E-state index in [0.29, 0.717) is 0 Å². The first-order valence-corrected chi connectivity index (χ1v) is 8.87. The Morgan fingerprint density at radius 3 is 2.64 bits per heavy atom. The fraction of sp³-hybridized carbons (Fsp3) is 0.474. The molecule has 1 aromatic heterocycles. The van der Waals surface area contributed by atoms with E-state index >= 15 is 0 Å². The van der Waals surface area contributed by atoms with Crippen LogP contribution in [0.2, 0.25) is 0 Å². The summed E-state index contributed by atoms with van der Waals surface area (Å²) in [5.41, 5.74) is 3.73. The van der Waals surface area contributed by atoms with Gasteiger partial charge in [0.15, 0.2) is 5.96 Å². The smallest absolute Gasteiger partial charge is 0.191 e. The van der Waals surface area contributed by atoms with E-state index in [2.05, 4.69) is 63.7 Å². The fourth-order valence-electron chi connectivity index (χ4n) is 2.70. The summed E-state index contributed by atoms with van der Waals surface area (Å²) < 4.78 is 1.94. The summed E-state index contributed by atoms with van der Waals surface area (Å²) in [5.74, 6) is 0.823. The number of aromatic nitrogens is 2. The molecule has 0 radical (unpaired) electrons. The number of aryl methyl sites for hydroxylation is 2. The monoisotopic (exact) mass is 342 g/mol. The summed E-state index contributed by atoms with van der Waals surface area (Å²) in [7, 11) is 1.80. The number of anilines is 1. The first-order chi connectivity index (χ1) is 12.1. The van der Waals surface area contributed by atoms with Crippen LogP contribution in [-0.4, -0.2) is 49.0 Å². The molecule has 0 saturated heterocycles. The van der Waals surface area contributed by atoms with Gasteiger partial charge in [-0.2, -0.15) is 5.10 Å². The summed E-state index contributed by atoms with van der Waals surface area (Å²) in [6, 6.07) is 8.62. The van der Waals surface area contributed by atoms with Crippen molar-refractivity contribution in [3.63, 3.8) is 0 Å². The Bertz CT molecular complexity index is 676. The summed E-state index contributed by atoms with van der Waals surface area (Å²) in [5, 5.41) is 11.0. The van der Waals surface area contributed by atoms with Crippen molar-refractivity contribution >= 4 is 11.6 Å². The molecule has 2 aromatic rings. The molecular weight excluding hydrogens is 312 g/mol. The number of guanidine groups is 1. The largest absolute Gasteiger partial charge is 0.370 e. The fourth-order valence-corrected chi connectivity index (χ4v) is 2.70. The normalized spacial score (nSPS) is 11.4. The Morgan fingerprint density at radius 2 is 2.00 bits per heavy atom. The van der Waals surface area contributed by atoms with Crippen LogP contribution >= 0.6 is 0 Å². The van der Waals surface area contributed by atoms with Gasteiger partial charge in [-0.3, -0.25) is 9.67 Å². The zero-order valence-corrected chi connectivity index (χ0v) is 15.8. The Hall–Kier alpha value is -2.50. The minimum absolute atomic E-state index is 0.788. The molecule has 0 fully saturated rings. The van der Waals surface area contributed by atoms with Gasteiger partial charge in [0, 0.05) is 45.1 Å². The van der Waals surface area contributed by atoms with E-state index in [4.69, 9.17) is 0 Å². The van der Waals surface area contributed by atoms with Gasteiger partial charge in [0.05, 0.1) is 12.7 Å². The number of hydrogen-bond donors (Lipinski definition) is 2. The zero-order valence-electron chi connectivity index (χ0n) is 15.8. The third-order valence-corrected chi connectivity index (χ3v) is 4.04. The molecule has 0 unspecified atom stereocenters. The Labute approximate surface area is 151 Å². The van der Waals surface area contributed by atoms with Crippen LogP contribution in [0.15, 0.2) is 41.7 Å². The maximum absolute atomic E-state index is 4.29. The molecule has 0 aliphatic rings. The highest BCUT2D eigenvalue weighted by Crippen LogP contribution is 2.14. The van der Waals surface area contributed by atoms with Gasteiger partial charge < -0.3 is 15.5 Å². The lowest BCUT2D eigenvalue weighted by molar-refractivity contribution is 0.597. The lowest BCUT2D eigenvalue weighted by Gasteiger charge is -2.24. The molecule has 1 heterocycles. The van der Waals surface area contributed by atoms with Crippen LogP contribution in [-0.2, 0) is 6.54 Å². The lowest BCUT2D eigenvalue weighted by Crippen LogP contribution is -2.42. The molecule has 0 bridgehead atoms. The molecule has 0 amide bonds. The van der Waals surface area contributed by atoms with E-state index in [9.17, 15) is 0 Å². The van der Waals surface area contributed by atoms with Gasteiger partial charge in [-0.1, -0.05) is 12.1 Å². The molecule has 6 nitrogen and oxygen atoms in total. The van der Waals surface area contributed by atoms with Crippen LogP contribution in [0, 0.1) is 13.8 Å². The molecule has 25 heavy (non-hydrogen) atoms. The molecule has 1 aromatic carbocycles. The SMILES string of the molecule is CCN(CCNC(=NC)NCCn1cc(C)cn1)c1cccc(C)c1. The van der Waals surface area contributed by atoms with Crippen molar-refractivity contribution in [2.75, 3.05) is 38.1 Å². The first-order valence-electron chi connectivity index (χ1n) is 8.87. The molecule has 0 saturated carbocycles. The van der Waals surface area contributed by atoms with Crippen molar-refractivity contribution in [1.82, 2.24) is 20.4 Å². The summed E-state index contributed by atoms with van der Waals surface area (Å²) >= 11 is 0. The quantitative estimate of drug-likeness (QED) is 0.570. The van der Waals surface area contributed by atoms with Crippen LogP contribution in [0.1, 0.15) is 18.1 Å². The number of benzene rings is 1. The minimum Gasteiger partial charge on any atom is -0.370 e. The van der Waals surface area contributed by atoms with E-state index in [1.165, 1.54) is 16.8 Å². The third-order valence-electron chi connectivity index (χ3n) is 4.04. The molecular formula is C19H30N6. The highest BCUT2D eigenvalue weighted by Gasteiger charge is 2.05.